The monoisotopic (exact) mass is 305 g/mol. The Bertz CT molecular complexity index is 792. The molecule has 2 heterocycles. The molecule has 0 radical (unpaired) electrons. The summed E-state index contributed by atoms with van der Waals surface area (Å²) >= 11 is 0. The fraction of sp³-hybridized carbons (Fsp3) is 0.300. The lowest BCUT2D eigenvalue weighted by Crippen LogP contribution is -2.30. The maximum absolute atomic E-state index is 4.48. The Labute approximate surface area is 138 Å². The molecule has 0 bridgehead atoms. The second-order valence-electron chi connectivity index (χ2n) is 6.31. The molecule has 0 saturated carbocycles. The highest BCUT2D eigenvalue weighted by molar-refractivity contribution is 5.84. The van der Waals surface area contributed by atoms with Gasteiger partial charge in [0, 0.05) is 48.7 Å². The van der Waals surface area contributed by atoms with Gasteiger partial charge in [-0.2, -0.15) is 0 Å². The van der Waals surface area contributed by atoms with Gasteiger partial charge in [-0.25, -0.2) is 0 Å². The lowest BCUT2D eigenvalue weighted by atomic mass is 10.0. The van der Waals surface area contributed by atoms with Crippen LogP contribution in [-0.4, -0.2) is 28.0 Å². The third-order valence-electron chi connectivity index (χ3n) is 4.42. The van der Waals surface area contributed by atoms with Gasteiger partial charge in [0.1, 0.15) is 0 Å². The molecule has 0 saturated heterocycles. The summed E-state index contributed by atoms with van der Waals surface area (Å²) in [5.41, 5.74) is 3.77. The van der Waals surface area contributed by atoms with Crippen LogP contribution in [0, 0.1) is 6.92 Å². The second-order valence-corrected chi connectivity index (χ2v) is 6.31. The molecule has 0 aliphatic heterocycles. The Morgan fingerprint density at radius 3 is 2.83 bits per heavy atom. The van der Waals surface area contributed by atoms with Crippen LogP contribution in [0.3, 0.4) is 0 Å². The summed E-state index contributed by atoms with van der Waals surface area (Å²) in [6.07, 6.45) is 6.66. The molecule has 3 heteroatoms. The number of rotatable bonds is 5. The summed E-state index contributed by atoms with van der Waals surface area (Å²) in [7, 11) is 2.18. The SMILES string of the molecule is Cc1ccnc(C[C@@H](C)N(C)Cc2cccc3cnccc23)c1. The third kappa shape index (κ3) is 3.74. The Morgan fingerprint density at radius 2 is 2.00 bits per heavy atom. The fourth-order valence-electron chi connectivity index (χ4n) is 2.92. The zero-order valence-electron chi connectivity index (χ0n) is 14.0. The van der Waals surface area contributed by atoms with Crippen molar-refractivity contribution in [3.8, 4) is 0 Å². The summed E-state index contributed by atoms with van der Waals surface area (Å²) in [6, 6.07) is 13.2. The molecule has 0 spiro atoms. The van der Waals surface area contributed by atoms with E-state index in [0.717, 1.165) is 18.7 Å². The van der Waals surface area contributed by atoms with Gasteiger partial charge in [0.25, 0.3) is 0 Å². The third-order valence-corrected chi connectivity index (χ3v) is 4.42. The van der Waals surface area contributed by atoms with Crippen LogP contribution in [0.1, 0.15) is 23.7 Å². The van der Waals surface area contributed by atoms with Crippen LogP contribution < -0.4 is 0 Å². The van der Waals surface area contributed by atoms with Crippen molar-refractivity contribution in [2.75, 3.05) is 7.05 Å². The van der Waals surface area contributed by atoms with Crippen LogP contribution >= 0.6 is 0 Å². The first-order valence-electron chi connectivity index (χ1n) is 8.07. The second kappa shape index (κ2) is 6.88. The molecule has 3 nitrogen and oxygen atoms in total. The van der Waals surface area contributed by atoms with Gasteiger partial charge in [0.05, 0.1) is 0 Å². The Hall–Kier alpha value is -2.26. The molecule has 1 aromatic carbocycles. The first-order valence-corrected chi connectivity index (χ1v) is 8.07. The molecule has 3 rings (SSSR count). The van der Waals surface area contributed by atoms with Gasteiger partial charge in [0.15, 0.2) is 0 Å². The van der Waals surface area contributed by atoms with Crippen LogP contribution in [0.4, 0.5) is 0 Å². The van der Waals surface area contributed by atoms with Crippen LogP contribution in [0.5, 0.6) is 0 Å². The summed E-state index contributed by atoms with van der Waals surface area (Å²) in [6.45, 7) is 5.30. The minimum absolute atomic E-state index is 0.432. The molecule has 2 aromatic heterocycles. The van der Waals surface area contributed by atoms with E-state index in [1.54, 1.807) is 0 Å². The van der Waals surface area contributed by atoms with Crippen LogP contribution in [-0.2, 0) is 13.0 Å². The van der Waals surface area contributed by atoms with E-state index in [2.05, 4.69) is 66.1 Å². The van der Waals surface area contributed by atoms with Crippen molar-refractivity contribution in [1.29, 1.82) is 0 Å². The van der Waals surface area contributed by atoms with E-state index in [1.165, 1.54) is 21.9 Å². The van der Waals surface area contributed by atoms with Gasteiger partial charge in [-0.1, -0.05) is 18.2 Å². The highest BCUT2D eigenvalue weighted by Crippen LogP contribution is 2.20. The quantitative estimate of drug-likeness (QED) is 0.713. The molecule has 0 fully saturated rings. The van der Waals surface area contributed by atoms with Crippen molar-refractivity contribution >= 4 is 10.8 Å². The lowest BCUT2D eigenvalue weighted by Gasteiger charge is -2.25. The van der Waals surface area contributed by atoms with Gasteiger partial charge < -0.3 is 0 Å². The van der Waals surface area contributed by atoms with E-state index in [4.69, 9.17) is 0 Å². The van der Waals surface area contributed by atoms with Gasteiger partial charge in [0.2, 0.25) is 0 Å². The minimum atomic E-state index is 0.432. The zero-order valence-corrected chi connectivity index (χ0v) is 14.0. The molecule has 1 atom stereocenters. The number of likely N-dealkylation sites (N-methyl/N-ethyl adjacent to an activating group) is 1. The Morgan fingerprint density at radius 1 is 1.13 bits per heavy atom. The number of aryl methyl sites for hydroxylation is 1. The van der Waals surface area contributed by atoms with Crippen molar-refractivity contribution in [3.05, 3.63) is 71.8 Å². The minimum Gasteiger partial charge on any atom is -0.299 e. The van der Waals surface area contributed by atoms with Crippen molar-refractivity contribution in [3.63, 3.8) is 0 Å². The topological polar surface area (TPSA) is 29.0 Å². The largest absolute Gasteiger partial charge is 0.299 e. The smallest absolute Gasteiger partial charge is 0.0421 e. The molecule has 0 aliphatic carbocycles. The zero-order chi connectivity index (χ0) is 16.2. The predicted molar refractivity (Wildman–Crippen MR) is 95.4 cm³/mol. The molecule has 23 heavy (non-hydrogen) atoms. The normalized spacial score (nSPS) is 12.7. The van der Waals surface area contributed by atoms with E-state index in [-0.39, 0.29) is 0 Å². The van der Waals surface area contributed by atoms with Crippen molar-refractivity contribution in [2.24, 2.45) is 0 Å². The summed E-state index contributed by atoms with van der Waals surface area (Å²) in [5, 5.41) is 2.49. The van der Waals surface area contributed by atoms with Gasteiger partial charge in [-0.05, 0) is 55.6 Å². The Balaban J connectivity index is 1.74. The van der Waals surface area contributed by atoms with Crippen molar-refractivity contribution < 1.29 is 0 Å². The van der Waals surface area contributed by atoms with Crippen LogP contribution in [0.15, 0.2) is 55.0 Å². The van der Waals surface area contributed by atoms with E-state index in [1.807, 2.05) is 24.7 Å². The maximum atomic E-state index is 4.48. The molecular weight excluding hydrogens is 282 g/mol. The number of aromatic nitrogens is 2. The summed E-state index contributed by atoms with van der Waals surface area (Å²) < 4.78 is 0. The predicted octanol–water partition coefficient (Wildman–Crippen LogP) is 4.00. The maximum Gasteiger partial charge on any atom is 0.0421 e. The highest BCUT2D eigenvalue weighted by Gasteiger charge is 2.12. The summed E-state index contributed by atoms with van der Waals surface area (Å²) in [4.78, 5) is 11.1. The van der Waals surface area contributed by atoms with Crippen molar-refractivity contribution in [2.45, 2.75) is 32.9 Å². The molecule has 0 unspecified atom stereocenters. The molecular formula is C20H23N3. The summed E-state index contributed by atoms with van der Waals surface area (Å²) in [5.74, 6) is 0. The number of nitrogens with zero attached hydrogens (tertiary/aromatic N) is 3. The average molecular weight is 305 g/mol. The fourth-order valence-corrected chi connectivity index (χ4v) is 2.92. The van der Waals surface area contributed by atoms with Gasteiger partial charge >= 0.3 is 0 Å². The Kier molecular flexibility index (Phi) is 4.68. The van der Waals surface area contributed by atoms with E-state index < -0.39 is 0 Å². The first kappa shape index (κ1) is 15.6. The van der Waals surface area contributed by atoms with E-state index in [0.29, 0.717) is 6.04 Å². The standard InChI is InChI=1S/C20H23N3/c1-15-7-10-22-19(11-15)12-16(2)23(3)14-18-6-4-5-17-13-21-9-8-20(17)18/h4-11,13,16H,12,14H2,1-3H3/t16-/m1/s1. The number of pyridine rings is 2. The molecule has 0 aliphatic rings. The van der Waals surface area contributed by atoms with E-state index >= 15 is 0 Å². The average Bonchev–Trinajstić information content (AvgIpc) is 2.55. The number of hydrogen-bond acceptors (Lipinski definition) is 3. The number of benzene rings is 1. The van der Waals surface area contributed by atoms with E-state index in [9.17, 15) is 0 Å². The molecule has 0 amide bonds. The number of fused-ring (bicyclic) bond motifs is 1. The van der Waals surface area contributed by atoms with Crippen molar-refractivity contribution in [1.82, 2.24) is 14.9 Å². The van der Waals surface area contributed by atoms with Gasteiger partial charge in [-0.3, -0.25) is 14.9 Å². The molecule has 0 N–H and O–H groups in total. The molecule has 3 aromatic rings. The number of hydrogen-bond donors (Lipinski definition) is 0. The van der Waals surface area contributed by atoms with Crippen LogP contribution in [0.25, 0.3) is 10.8 Å². The van der Waals surface area contributed by atoms with Gasteiger partial charge in [-0.15, -0.1) is 0 Å². The van der Waals surface area contributed by atoms with Crippen LogP contribution in [0.2, 0.25) is 0 Å². The first-order chi connectivity index (χ1) is 11.1. The lowest BCUT2D eigenvalue weighted by molar-refractivity contribution is 0.247. The molecule has 118 valence electrons. The highest BCUT2D eigenvalue weighted by atomic mass is 15.1.